The normalized spacial score (nSPS) is 14.0. The Hall–Kier alpha value is -4.40. The summed E-state index contributed by atoms with van der Waals surface area (Å²) in [6, 6.07) is 11.9. The van der Waals surface area contributed by atoms with Crippen LogP contribution in [-0.4, -0.2) is 71.4 Å². The molecule has 1 saturated heterocycles. The number of likely N-dealkylation sites (N-methyl/N-ethyl adjacent to an activating group) is 1. The van der Waals surface area contributed by atoms with Crippen molar-refractivity contribution in [3.05, 3.63) is 82.8 Å². The number of benzene rings is 2. The molecule has 0 unspecified atom stereocenters. The molecule has 1 aliphatic heterocycles. The summed E-state index contributed by atoms with van der Waals surface area (Å²) in [6.45, 7) is 5.52. The van der Waals surface area contributed by atoms with E-state index >= 15 is 0 Å². The fourth-order valence-electron chi connectivity index (χ4n) is 4.32. The lowest BCUT2D eigenvalue weighted by molar-refractivity contribution is -0.138. The van der Waals surface area contributed by atoms with E-state index in [0.717, 1.165) is 60.2 Å². The predicted octanol–water partition coefficient (Wildman–Crippen LogP) is 4.73. The molecule has 11 heteroatoms. The maximum atomic E-state index is 13.1. The van der Waals surface area contributed by atoms with Crippen molar-refractivity contribution in [2.45, 2.75) is 19.6 Å². The SMILES string of the molecule is CN1CCN(Cc2ccc(NC=O)cc2C(F)(F)F)CC1.CNc1ccc(C)c(C#Cc2cnc3[nH]ccc3n2)c1. The second kappa shape index (κ2) is 13.3. The molecular formula is C30H32F3N7O. The van der Waals surface area contributed by atoms with Gasteiger partial charge in [0.05, 0.1) is 11.8 Å². The highest BCUT2D eigenvalue weighted by molar-refractivity contribution is 5.72. The van der Waals surface area contributed by atoms with Crippen LogP contribution in [0.2, 0.25) is 0 Å². The molecule has 1 amide bonds. The lowest BCUT2D eigenvalue weighted by Crippen LogP contribution is -2.44. The quantitative estimate of drug-likeness (QED) is 0.240. The number of nitrogens with one attached hydrogen (secondary N) is 3. The molecular weight excluding hydrogens is 531 g/mol. The lowest BCUT2D eigenvalue weighted by Gasteiger charge is -2.33. The van der Waals surface area contributed by atoms with Gasteiger partial charge in [0.25, 0.3) is 0 Å². The molecule has 3 heterocycles. The van der Waals surface area contributed by atoms with Gasteiger partial charge in [0.2, 0.25) is 6.41 Å². The van der Waals surface area contributed by atoms with E-state index in [4.69, 9.17) is 0 Å². The van der Waals surface area contributed by atoms with Crippen molar-refractivity contribution in [3.63, 3.8) is 0 Å². The Labute approximate surface area is 237 Å². The van der Waals surface area contributed by atoms with Crippen LogP contribution in [-0.2, 0) is 17.5 Å². The smallest absolute Gasteiger partial charge is 0.388 e. The van der Waals surface area contributed by atoms with Gasteiger partial charge in [-0.2, -0.15) is 13.2 Å². The van der Waals surface area contributed by atoms with Gasteiger partial charge in [-0.05, 0) is 61.4 Å². The summed E-state index contributed by atoms with van der Waals surface area (Å²) in [4.78, 5) is 26.3. The molecule has 4 aromatic rings. The minimum absolute atomic E-state index is 0.152. The number of piperazine rings is 1. The Kier molecular flexibility index (Phi) is 9.60. The van der Waals surface area contributed by atoms with Gasteiger partial charge in [-0.15, -0.1) is 0 Å². The molecule has 5 rings (SSSR count). The third-order valence-corrected chi connectivity index (χ3v) is 6.74. The molecule has 0 radical (unpaired) electrons. The molecule has 2 aromatic carbocycles. The Balaban J connectivity index is 0.000000189. The van der Waals surface area contributed by atoms with Crippen LogP contribution in [0.3, 0.4) is 0 Å². The number of aryl methyl sites for hydroxylation is 1. The van der Waals surface area contributed by atoms with Crippen molar-refractivity contribution in [2.24, 2.45) is 0 Å². The highest BCUT2D eigenvalue weighted by Gasteiger charge is 2.34. The second-order valence-corrected chi connectivity index (χ2v) is 9.71. The largest absolute Gasteiger partial charge is 0.416 e. The summed E-state index contributed by atoms with van der Waals surface area (Å²) in [7, 11) is 3.89. The molecule has 1 fully saturated rings. The van der Waals surface area contributed by atoms with Gasteiger partial charge in [-0.1, -0.05) is 18.1 Å². The number of carbonyl (C=O) groups excluding carboxylic acids is 1. The minimum Gasteiger partial charge on any atom is -0.388 e. The molecule has 214 valence electrons. The molecule has 1 aliphatic rings. The maximum Gasteiger partial charge on any atom is 0.416 e. The van der Waals surface area contributed by atoms with Crippen LogP contribution in [0, 0.1) is 18.8 Å². The maximum absolute atomic E-state index is 13.1. The molecule has 0 saturated carbocycles. The summed E-state index contributed by atoms with van der Waals surface area (Å²) < 4.78 is 39.4. The van der Waals surface area contributed by atoms with Gasteiger partial charge in [0.15, 0.2) is 5.65 Å². The van der Waals surface area contributed by atoms with Crippen molar-refractivity contribution in [1.29, 1.82) is 0 Å². The first-order valence-electron chi connectivity index (χ1n) is 13.1. The zero-order chi connectivity index (χ0) is 29.4. The molecule has 8 nitrogen and oxygen atoms in total. The number of aromatic amines is 1. The van der Waals surface area contributed by atoms with E-state index in [2.05, 4.69) is 48.4 Å². The number of anilines is 2. The highest BCUT2D eigenvalue weighted by Crippen LogP contribution is 2.34. The summed E-state index contributed by atoms with van der Waals surface area (Å²) in [5.41, 5.74) is 5.18. The number of hydrogen-bond acceptors (Lipinski definition) is 6. The number of hydrogen-bond donors (Lipinski definition) is 3. The number of halogens is 3. The fraction of sp³-hybridized carbons (Fsp3) is 0.300. The summed E-state index contributed by atoms with van der Waals surface area (Å²) in [5.74, 6) is 6.23. The molecule has 0 spiro atoms. The van der Waals surface area contributed by atoms with E-state index < -0.39 is 11.7 Å². The monoisotopic (exact) mass is 563 g/mol. The van der Waals surface area contributed by atoms with E-state index in [1.165, 1.54) is 12.1 Å². The van der Waals surface area contributed by atoms with Crippen LogP contribution in [0.4, 0.5) is 24.5 Å². The topological polar surface area (TPSA) is 89.2 Å². The third-order valence-electron chi connectivity index (χ3n) is 6.74. The van der Waals surface area contributed by atoms with Crippen LogP contribution in [0.1, 0.15) is 27.9 Å². The van der Waals surface area contributed by atoms with Gasteiger partial charge in [0.1, 0.15) is 11.2 Å². The second-order valence-electron chi connectivity index (χ2n) is 9.71. The number of alkyl halides is 3. The zero-order valence-electron chi connectivity index (χ0n) is 23.1. The van der Waals surface area contributed by atoms with Gasteiger partial charge < -0.3 is 20.5 Å². The number of H-pyrrole nitrogens is 1. The van der Waals surface area contributed by atoms with Crippen molar-refractivity contribution in [2.75, 3.05) is 50.9 Å². The number of aromatic nitrogens is 3. The summed E-state index contributed by atoms with van der Waals surface area (Å²) in [5, 5.41) is 5.37. The first-order valence-corrected chi connectivity index (χ1v) is 13.1. The Morgan fingerprint density at radius 1 is 1.05 bits per heavy atom. The molecule has 0 atom stereocenters. The van der Waals surface area contributed by atoms with Crippen molar-refractivity contribution < 1.29 is 18.0 Å². The Morgan fingerprint density at radius 2 is 1.80 bits per heavy atom. The third kappa shape index (κ3) is 8.06. The molecule has 2 aromatic heterocycles. The van der Waals surface area contributed by atoms with Crippen molar-refractivity contribution >= 4 is 28.9 Å². The van der Waals surface area contributed by atoms with E-state index in [-0.39, 0.29) is 17.8 Å². The average molecular weight is 564 g/mol. The molecule has 0 bridgehead atoms. The standard InChI is InChI=1S/C16H14N4.C14H18F3N3O/c1-11-3-5-13(17-2)9-12(11)4-6-14-10-19-16-15(20-14)7-8-18-16;1-19-4-6-20(7-5-19)9-11-2-3-12(18-10-21)8-13(11)14(15,16)17/h3,5,7-10,17H,1-2H3,(H,18,19);2-3,8,10H,4-7,9H2,1H3,(H,18,21). The average Bonchev–Trinajstić information content (AvgIpc) is 3.43. The number of nitrogens with zero attached hydrogens (tertiary/aromatic N) is 4. The number of carbonyl (C=O) groups is 1. The van der Waals surface area contributed by atoms with E-state index in [9.17, 15) is 18.0 Å². The predicted molar refractivity (Wildman–Crippen MR) is 154 cm³/mol. The number of amides is 1. The fourth-order valence-corrected chi connectivity index (χ4v) is 4.32. The van der Waals surface area contributed by atoms with Crippen LogP contribution < -0.4 is 10.6 Å². The van der Waals surface area contributed by atoms with E-state index in [1.807, 2.05) is 50.3 Å². The Bertz CT molecular complexity index is 1550. The van der Waals surface area contributed by atoms with Crippen molar-refractivity contribution in [3.8, 4) is 11.8 Å². The zero-order valence-corrected chi connectivity index (χ0v) is 23.1. The number of rotatable bonds is 5. The van der Waals surface area contributed by atoms with Gasteiger partial charge in [0, 0.05) is 62.9 Å². The first-order chi connectivity index (χ1) is 19.7. The molecule has 41 heavy (non-hydrogen) atoms. The Morgan fingerprint density at radius 3 is 2.51 bits per heavy atom. The summed E-state index contributed by atoms with van der Waals surface area (Å²) in [6.07, 6.45) is -0.552. The van der Waals surface area contributed by atoms with Crippen molar-refractivity contribution in [1.82, 2.24) is 24.8 Å². The highest BCUT2D eigenvalue weighted by atomic mass is 19.4. The van der Waals surface area contributed by atoms with E-state index in [0.29, 0.717) is 12.1 Å². The van der Waals surface area contributed by atoms with Gasteiger partial charge in [-0.25, -0.2) is 9.97 Å². The number of fused-ring (bicyclic) bond motifs is 1. The van der Waals surface area contributed by atoms with Crippen LogP contribution in [0.25, 0.3) is 11.2 Å². The van der Waals surface area contributed by atoms with Gasteiger partial charge in [-0.3, -0.25) is 9.69 Å². The molecule has 0 aliphatic carbocycles. The lowest BCUT2D eigenvalue weighted by atomic mass is 10.0. The minimum atomic E-state index is -4.43. The van der Waals surface area contributed by atoms with Crippen LogP contribution in [0.5, 0.6) is 0 Å². The van der Waals surface area contributed by atoms with Gasteiger partial charge >= 0.3 is 6.18 Å². The van der Waals surface area contributed by atoms with Crippen LogP contribution in [0.15, 0.2) is 54.9 Å². The van der Waals surface area contributed by atoms with Crippen LogP contribution >= 0.6 is 0 Å². The first kappa shape index (κ1) is 29.6. The summed E-state index contributed by atoms with van der Waals surface area (Å²) >= 11 is 0. The molecule has 3 N–H and O–H groups in total. The van der Waals surface area contributed by atoms with E-state index in [1.54, 1.807) is 6.20 Å².